The zero-order chi connectivity index (χ0) is 14.4. The number of H-pyrrole nitrogens is 1. The molecule has 3 aromatic rings. The van der Waals surface area contributed by atoms with Crippen LogP contribution < -0.4 is 0 Å². The molecule has 2 nitrogen and oxygen atoms in total. The monoisotopic (exact) mass is 330 g/mol. The molecule has 7 heteroatoms. The number of fused-ring (bicyclic) bond motifs is 1. The fourth-order valence-electron chi connectivity index (χ4n) is 2.00. The van der Waals surface area contributed by atoms with Gasteiger partial charge in [-0.25, -0.2) is 8.78 Å². The highest BCUT2D eigenvalue weighted by Crippen LogP contribution is 2.30. The van der Waals surface area contributed by atoms with E-state index < -0.39 is 11.6 Å². The normalized spacial score (nSPS) is 11.2. The van der Waals surface area contributed by atoms with E-state index >= 15 is 0 Å². The molecule has 0 amide bonds. The molecular formula is C13H6Cl2F2N2S. The summed E-state index contributed by atoms with van der Waals surface area (Å²) in [5.41, 5.74) is 1.13. The van der Waals surface area contributed by atoms with E-state index in [1.165, 1.54) is 4.57 Å². The molecule has 1 N–H and O–H groups in total. The number of imidazole rings is 1. The molecule has 1 heterocycles. The van der Waals surface area contributed by atoms with Gasteiger partial charge in [-0.3, -0.25) is 4.57 Å². The molecule has 1 aromatic heterocycles. The SMILES string of the molecule is Fc1ccc(F)c(-n2c(=S)[nH]c3cc(Cl)c(Cl)cc32)c1. The highest BCUT2D eigenvalue weighted by molar-refractivity contribution is 7.71. The van der Waals surface area contributed by atoms with Crippen molar-refractivity contribution >= 4 is 46.5 Å². The summed E-state index contributed by atoms with van der Waals surface area (Å²) in [5.74, 6) is -1.15. The molecule has 0 aliphatic heterocycles. The largest absolute Gasteiger partial charge is 0.330 e. The van der Waals surface area contributed by atoms with Gasteiger partial charge in [0.25, 0.3) is 0 Å². The van der Waals surface area contributed by atoms with E-state index in [9.17, 15) is 8.78 Å². The van der Waals surface area contributed by atoms with Crippen LogP contribution >= 0.6 is 35.4 Å². The highest BCUT2D eigenvalue weighted by Gasteiger charge is 2.13. The van der Waals surface area contributed by atoms with E-state index in [0.717, 1.165) is 18.2 Å². The van der Waals surface area contributed by atoms with Crippen molar-refractivity contribution < 1.29 is 8.78 Å². The summed E-state index contributed by atoms with van der Waals surface area (Å²) in [4.78, 5) is 2.89. The summed E-state index contributed by atoms with van der Waals surface area (Å²) < 4.78 is 28.9. The van der Waals surface area contributed by atoms with Crippen LogP contribution in [0.2, 0.25) is 10.0 Å². The fourth-order valence-corrected chi connectivity index (χ4v) is 2.63. The Morgan fingerprint density at radius 3 is 2.50 bits per heavy atom. The van der Waals surface area contributed by atoms with Gasteiger partial charge in [0.2, 0.25) is 0 Å². The quantitative estimate of drug-likeness (QED) is 0.602. The van der Waals surface area contributed by atoms with Crippen molar-refractivity contribution in [2.45, 2.75) is 0 Å². The number of aromatic amines is 1. The molecule has 0 aliphatic rings. The van der Waals surface area contributed by atoms with Crippen molar-refractivity contribution in [2.24, 2.45) is 0 Å². The van der Waals surface area contributed by atoms with Gasteiger partial charge in [-0.1, -0.05) is 23.2 Å². The molecule has 0 bridgehead atoms. The second kappa shape index (κ2) is 4.84. The molecule has 0 aliphatic carbocycles. The summed E-state index contributed by atoms with van der Waals surface area (Å²) in [6.45, 7) is 0. The summed E-state index contributed by atoms with van der Waals surface area (Å²) in [5, 5.41) is 0.654. The zero-order valence-corrected chi connectivity index (χ0v) is 12.1. The van der Waals surface area contributed by atoms with Gasteiger partial charge in [0.15, 0.2) is 4.77 Å². The van der Waals surface area contributed by atoms with Gasteiger partial charge in [0.1, 0.15) is 11.6 Å². The van der Waals surface area contributed by atoms with Gasteiger partial charge < -0.3 is 4.98 Å². The molecule has 20 heavy (non-hydrogen) atoms. The predicted octanol–water partition coefficient (Wildman–Crippen LogP) is 5.27. The third-order valence-electron chi connectivity index (χ3n) is 2.87. The summed E-state index contributed by atoms with van der Waals surface area (Å²) in [7, 11) is 0. The number of benzene rings is 2. The van der Waals surface area contributed by atoms with Crippen LogP contribution in [0.25, 0.3) is 16.7 Å². The smallest absolute Gasteiger partial charge is 0.182 e. The summed E-state index contributed by atoms with van der Waals surface area (Å²) in [6, 6.07) is 6.30. The zero-order valence-electron chi connectivity index (χ0n) is 9.75. The Morgan fingerprint density at radius 1 is 1.05 bits per heavy atom. The van der Waals surface area contributed by atoms with E-state index in [4.69, 9.17) is 35.4 Å². The molecule has 102 valence electrons. The first-order valence-corrected chi connectivity index (χ1v) is 6.69. The predicted molar refractivity (Wildman–Crippen MR) is 78.4 cm³/mol. The van der Waals surface area contributed by atoms with Crippen LogP contribution in [0.3, 0.4) is 0 Å². The van der Waals surface area contributed by atoms with Crippen molar-refractivity contribution in [3.63, 3.8) is 0 Å². The Hall–Kier alpha value is -1.43. The third kappa shape index (κ3) is 2.12. The van der Waals surface area contributed by atoms with E-state index in [1.807, 2.05) is 0 Å². The van der Waals surface area contributed by atoms with Crippen LogP contribution in [0, 0.1) is 16.4 Å². The van der Waals surface area contributed by atoms with Crippen molar-refractivity contribution in [3.8, 4) is 5.69 Å². The molecule has 0 saturated carbocycles. The lowest BCUT2D eigenvalue weighted by atomic mass is 10.2. The Balaban J connectivity index is 2.42. The first kappa shape index (κ1) is 13.5. The van der Waals surface area contributed by atoms with Crippen molar-refractivity contribution in [3.05, 3.63) is 56.8 Å². The van der Waals surface area contributed by atoms with Gasteiger partial charge in [-0.2, -0.15) is 0 Å². The maximum atomic E-state index is 13.9. The topological polar surface area (TPSA) is 20.7 Å². The number of nitrogens with zero attached hydrogens (tertiary/aromatic N) is 1. The maximum absolute atomic E-state index is 13.9. The van der Waals surface area contributed by atoms with E-state index in [-0.39, 0.29) is 10.5 Å². The van der Waals surface area contributed by atoms with Gasteiger partial charge in [-0.05, 0) is 36.5 Å². The minimum Gasteiger partial charge on any atom is -0.330 e. The second-order valence-electron chi connectivity index (χ2n) is 4.14. The molecule has 0 unspecified atom stereocenters. The van der Waals surface area contributed by atoms with E-state index in [1.54, 1.807) is 12.1 Å². The molecule has 0 spiro atoms. The van der Waals surface area contributed by atoms with Gasteiger partial charge in [0.05, 0.1) is 26.8 Å². The lowest BCUT2D eigenvalue weighted by Crippen LogP contribution is -1.98. The van der Waals surface area contributed by atoms with Crippen LogP contribution in [0.4, 0.5) is 8.78 Å². The van der Waals surface area contributed by atoms with Crippen molar-refractivity contribution in [2.75, 3.05) is 0 Å². The Kier molecular flexibility index (Phi) is 3.28. The number of rotatable bonds is 1. The fraction of sp³-hybridized carbons (Fsp3) is 0. The highest BCUT2D eigenvalue weighted by atomic mass is 35.5. The van der Waals surface area contributed by atoms with Crippen molar-refractivity contribution in [1.82, 2.24) is 9.55 Å². The average molecular weight is 331 g/mol. The summed E-state index contributed by atoms with van der Waals surface area (Å²) >= 11 is 17.0. The number of aromatic nitrogens is 2. The van der Waals surface area contributed by atoms with Gasteiger partial charge in [-0.15, -0.1) is 0 Å². The van der Waals surface area contributed by atoms with Gasteiger partial charge >= 0.3 is 0 Å². The lowest BCUT2D eigenvalue weighted by molar-refractivity contribution is 0.593. The number of nitrogens with one attached hydrogen (secondary N) is 1. The van der Waals surface area contributed by atoms with E-state index in [2.05, 4.69) is 4.98 Å². The van der Waals surface area contributed by atoms with Crippen LogP contribution in [0.5, 0.6) is 0 Å². The molecular weight excluding hydrogens is 325 g/mol. The van der Waals surface area contributed by atoms with Crippen LogP contribution in [0.1, 0.15) is 0 Å². The molecule has 0 radical (unpaired) electrons. The standard InChI is InChI=1S/C13H6Cl2F2N2S/c14-7-4-10-12(5-8(7)15)19(13(20)18-10)11-3-6(16)1-2-9(11)17/h1-5H,(H,18,20). The van der Waals surface area contributed by atoms with Gasteiger partial charge in [0, 0.05) is 6.07 Å². The third-order valence-corrected chi connectivity index (χ3v) is 3.88. The molecule has 0 fully saturated rings. The number of hydrogen-bond donors (Lipinski definition) is 1. The number of hydrogen-bond acceptors (Lipinski definition) is 1. The minimum absolute atomic E-state index is 0.0136. The molecule has 3 rings (SSSR count). The van der Waals surface area contributed by atoms with Crippen LogP contribution in [-0.4, -0.2) is 9.55 Å². The second-order valence-corrected chi connectivity index (χ2v) is 5.35. The van der Waals surface area contributed by atoms with Crippen LogP contribution in [0.15, 0.2) is 30.3 Å². The molecule has 2 aromatic carbocycles. The van der Waals surface area contributed by atoms with Crippen molar-refractivity contribution in [1.29, 1.82) is 0 Å². The Bertz CT molecular complexity index is 886. The number of halogens is 4. The molecule has 0 saturated heterocycles. The summed E-state index contributed by atoms with van der Waals surface area (Å²) in [6.07, 6.45) is 0. The Labute approximate surface area is 127 Å². The maximum Gasteiger partial charge on any atom is 0.182 e. The average Bonchev–Trinajstić information content (AvgIpc) is 2.69. The lowest BCUT2D eigenvalue weighted by Gasteiger charge is -2.06. The first-order chi connectivity index (χ1) is 9.47. The first-order valence-electron chi connectivity index (χ1n) is 5.52. The van der Waals surface area contributed by atoms with Crippen LogP contribution in [-0.2, 0) is 0 Å². The van der Waals surface area contributed by atoms with E-state index in [0.29, 0.717) is 21.1 Å². The Morgan fingerprint density at radius 2 is 1.75 bits per heavy atom. The minimum atomic E-state index is -0.588. The molecule has 0 atom stereocenters.